The van der Waals surface area contributed by atoms with Gasteiger partial charge in [-0.2, -0.15) is 0 Å². The van der Waals surface area contributed by atoms with Crippen LogP contribution in [0.2, 0.25) is 5.02 Å². The number of aryl methyl sites for hydroxylation is 1. The molecule has 1 N–H and O–H groups in total. The van der Waals surface area contributed by atoms with E-state index in [1.54, 1.807) is 11.3 Å². The molecule has 1 unspecified atom stereocenters. The second-order valence-electron chi connectivity index (χ2n) is 4.88. The molecule has 0 radical (unpaired) electrons. The summed E-state index contributed by atoms with van der Waals surface area (Å²) in [5.74, 6) is 0.105. The average molecular weight is 308 g/mol. The highest BCUT2D eigenvalue weighted by molar-refractivity contribution is 7.09. The fourth-order valence-corrected chi connectivity index (χ4v) is 3.03. The first-order valence-corrected chi connectivity index (χ1v) is 7.95. The molecule has 1 amide bonds. The lowest BCUT2D eigenvalue weighted by molar-refractivity contribution is -0.121. The van der Waals surface area contributed by atoms with E-state index in [0.717, 1.165) is 23.4 Å². The smallest absolute Gasteiger partial charge is 0.220 e. The van der Waals surface area contributed by atoms with Crippen LogP contribution in [0.3, 0.4) is 0 Å². The molecule has 1 atom stereocenters. The van der Waals surface area contributed by atoms with Gasteiger partial charge in [-0.15, -0.1) is 11.3 Å². The minimum absolute atomic E-state index is 0.105. The van der Waals surface area contributed by atoms with Crippen molar-refractivity contribution in [1.82, 2.24) is 5.32 Å². The predicted molar refractivity (Wildman–Crippen MR) is 85.4 cm³/mol. The number of rotatable bonds is 6. The molecule has 0 saturated heterocycles. The van der Waals surface area contributed by atoms with Gasteiger partial charge in [-0.1, -0.05) is 29.8 Å². The van der Waals surface area contributed by atoms with Crippen molar-refractivity contribution in [1.29, 1.82) is 0 Å². The molecule has 0 spiro atoms. The fraction of sp³-hybridized carbons (Fsp3) is 0.312. The summed E-state index contributed by atoms with van der Waals surface area (Å²) >= 11 is 7.65. The van der Waals surface area contributed by atoms with Crippen LogP contribution in [0.5, 0.6) is 0 Å². The van der Waals surface area contributed by atoms with E-state index < -0.39 is 0 Å². The Balaban J connectivity index is 1.76. The van der Waals surface area contributed by atoms with Crippen molar-refractivity contribution in [2.75, 3.05) is 0 Å². The van der Waals surface area contributed by atoms with Crippen LogP contribution in [-0.2, 0) is 17.6 Å². The van der Waals surface area contributed by atoms with Gasteiger partial charge >= 0.3 is 0 Å². The predicted octanol–water partition coefficient (Wildman–Crippen LogP) is 4.08. The molecule has 2 rings (SSSR count). The number of carbonyl (C=O) groups excluding carboxylic acids is 1. The molecule has 1 heterocycles. The summed E-state index contributed by atoms with van der Waals surface area (Å²) in [7, 11) is 0. The van der Waals surface area contributed by atoms with Crippen molar-refractivity contribution in [3.05, 3.63) is 57.2 Å². The second kappa shape index (κ2) is 7.46. The zero-order chi connectivity index (χ0) is 14.4. The third kappa shape index (κ3) is 4.99. The molecular formula is C16H18ClNOS. The molecule has 106 valence electrons. The quantitative estimate of drug-likeness (QED) is 0.856. The van der Waals surface area contributed by atoms with Gasteiger partial charge in [0.2, 0.25) is 5.91 Å². The largest absolute Gasteiger partial charge is 0.353 e. The van der Waals surface area contributed by atoms with Crippen molar-refractivity contribution in [2.45, 2.75) is 32.2 Å². The zero-order valence-corrected chi connectivity index (χ0v) is 13.0. The number of halogens is 1. The van der Waals surface area contributed by atoms with Gasteiger partial charge in [-0.3, -0.25) is 4.79 Å². The van der Waals surface area contributed by atoms with E-state index in [0.29, 0.717) is 6.42 Å². The Labute approximate surface area is 128 Å². The minimum atomic E-state index is 0.105. The lowest BCUT2D eigenvalue weighted by atomic mass is 10.1. The summed E-state index contributed by atoms with van der Waals surface area (Å²) in [4.78, 5) is 13.1. The maximum absolute atomic E-state index is 11.9. The summed E-state index contributed by atoms with van der Waals surface area (Å²) in [6, 6.07) is 11.9. The van der Waals surface area contributed by atoms with Crippen LogP contribution in [0.1, 0.15) is 23.8 Å². The third-order valence-electron chi connectivity index (χ3n) is 3.02. The molecule has 0 aliphatic heterocycles. The van der Waals surface area contributed by atoms with E-state index in [-0.39, 0.29) is 11.9 Å². The van der Waals surface area contributed by atoms with Crippen LogP contribution in [0.15, 0.2) is 41.8 Å². The first-order valence-electron chi connectivity index (χ1n) is 6.69. The Morgan fingerprint density at radius 1 is 1.35 bits per heavy atom. The van der Waals surface area contributed by atoms with Gasteiger partial charge in [0.1, 0.15) is 0 Å². The van der Waals surface area contributed by atoms with Crippen LogP contribution in [0.4, 0.5) is 0 Å². The van der Waals surface area contributed by atoms with Gasteiger partial charge in [-0.25, -0.2) is 0 Å². The topological polar surface area (TPSA) is 29.1 Å². The van der Waals surface area contributed by atoms with E-state index >= 15 is 0 Å². The molecule has 0 fully saturated rings. The Kier molecular flexibility index (Phi) is 5.62. The van der Waals surface area contributed by atoms with Crippen molar-refractivity contribution < 1.29 is 4.79 Å². The van der Waals surface area contributed by atoms with Crippen molar-refractivity contribution >= 4 is 28.8 Å². The Morgan fingerprint density at radius 2 is 2.20 bits per heavy atom. The van der Waals surface area contributed by atoms with Gasteiger partial charge in [-0.05, 0) is 48.9 Å². The normalized spacial score (nSPS) is 12.1. The fourth-order valence-electron chi connectivity index (χ4n) is 2.11. The molecule has 4 heteroatoms. The van der Waals surface area contributed by atoms with Crippen molar-refractivity contribution in [3.8, 4) is 0 Å². The highest BCUT2D eigenvalue weighted by atomic mass is 35.5. The molecule has 0 saturated carbocycles. The molecule has 0 aliphatic rings. The third-order valence-corrected chi connectivity index (χ3v) is 4.19. The number of carbonyl (C=O) groups is 1. The number of amides is 1. The molecule has 20 heavy (non-hydrogen) atoms. The number of hydrogen-bond donors (Lipinski definition) is 1. The minimum Gasteiger partial charge on any atom is -0.353 e. The summed E-state index contributed by atoms with van der Waals surface area (Å²) in [6.07, 6.45) is 2.15. The van der Waals surface area contributed by atoms with E-state index in [2.05, 4.69) is 11.4 Å². The summed E-state index contributed by atoms with van der Waals surface area (Å²) in [6.45, 7) is 2.02. The average Bonchev–Trinajstić information content (AvgIpc) is 2.89. The van der Waals surface area contributed by atoms with Gasteiger partial charge in [0.25, 0.3) is 0 Å². The SMILES string of the molecule is CC(Cc1cccc(Cl)c1)NC(=O)CCc1cccs1. The van der Waals surface area contributed by atoms with E-state index in [1.807, 2.05) is 42.6 Å². The first-order chi connectivity index (χ1) is 9.63. The van der Waals surface area contributed by atoms with E-state index in [4.69, 9.17) is 11.6 Å². The van der Waals surface area contributed by atoms with E-state index in [1.165, 1.54) is 4.88 Å². The van der Waals surface area contributed by atoms with Crippen molar-refractivity contribution in [2.24, 2.45) is 0 Å². The van der Waals surface area contributed by atoms with Gasteiger partial charge in [0.05, 0.1) is 0 Å². The molecular weight excluding hydrogens is 290 g/mol. The molecule has 2 nitrogen and oxygen atoms in total. The summed E-state index contributed by atoms with van der Waals surface area (Å²) < 4.78 is 0. The van der Waals surface area contributed by atoms with Crippen LogP contribution < -0.4 is 5.32 Å². The maximum Gasteiger partial charge on any atom is 0.220 e. The zero-order valence-electron chi connectivity index (χ0n) is 11.4. The molecule has 0 aliphatic carbocycles. The monoisotopic (exact) mass is 307 g/mol. The van der Waals surface area contributed by atoms with Crippen LogP contribution in [-0.4, -0.2) is 11.9 Å². The van der Waals surface area contributed by atoms with Crippen molar-refractivity contribution in [3.63, 3.8) is 0 Å². The Bertz CT molecular complexity index is 553. The summed E-state index contributed by atoms with van der Waals surface area (Å²) in [5, 5.41) is 5.80. The Hall–Kier alpha value is -1.32. The van der Waals surface area contributed by atoms with Crippen LogP contribution in [0, 0.1) is 0 Å². The van der Waals surface area contributed by atoms with Crippen LogP contribution >= 0.6 is 22.9 Å². The second-order valence-corrected chi connectivity index (χ2v) is 6.35. The molecule has 2 aromatic rings. The number of benzene rings is 1. The lowest BCUT2D eigenvalue weighted by Gasteiger charge is -2.14. The lowest BCUT2D eigenvalue weighted by Crippen LogP contribution is -2.34. The number of nitrogens with one attached hydrogen (secondary N) is 1. The summed E-state index contributed by atoms with van der Waals surface area (Å²) in [5.41, 5.74) is 1.14. The molecule has 1 aromatic heterocycles. The van der Waals surface area contributed by atoms with Crippen LogP contribution in [0.25, 0.3) is 0 Å². The standard InChI is InChI=1S/C16H18ClNOS/c1-12(10-13-4-2-5-14(17)11-13)18-16(19)8-7-15-6-3-9-20-15/h2-6,9,11-12H,7-8,10H2,1H3,(H,18,19). The molecule has 0 bridgehead atoms. The first kappa shape index (κ1) is 15.1. The van der Waals surface area contributed by atoms with Gasteiger partial charge in [0, 0.05) is 22.4 Å². The molecule has 1 aromatic carbocycles. The highest BCUT2D eigenvalue weighted by Crippen LogP contribution is 2.13. The maximum atomic E-state index is 11.9. The van der Waals surface area contributed by atoms with Gasteiger partial charge in [0.15, 0.2) is 0 Å². The highest BCUT2D eigenvalue weighted by Gasteiger charge is 2.09. The number of thiophene rings is 1. The Morgan fingerprint density at radius 3 is 2.90 bits per heavy atom. The van der Waals surface area contributed by atoms with E-state index in [9.17, 15) is 4.79 Å². The number of hydrogen-bond acceptors (Lipinski definition) is 2. The van der Waals surface area contributed by atoms with Gasteiger partial charge < -0.3 is 5.32 Å².